The fourth-order valence-electron chi connectivity index (χ4n) is 2.67. The molecule has 1 saturated heterocycles. The molecule has 16 heavy (non-hydrogen) atoms. The summed E-state index contributed by atoms with van der Waals surface area (Å²) >= 11 is 1.96. The topological polar surface area (TPSA) is 35.2 Å². The van der Waals surface area contributed by atoms with Crippen molar-refractivity contribution in [1.29, 1.82) is 0 Å². The normalized spacial score (nSPS) is 32.9. The maximum Gasteiger partial charge on any atom is 0.0647 e. The minimum atomic E-state index is -0.0807. The molecule has 86 valence electrons. The lowest BCUT2D eigenvalue weighted by Gasteiger charge is -2.25. The van der Waals surface area contributed by atoms with E-state index >= 15 is 0 Å². The number of fused-ring (bicyclic) bond motifs is 1. The van der Waals surface area contributed by atoms with Crippen molar-refractivity contribution in [2.75, 3.05) is 19.0 Å². The first-order valence-electron chi connectivity index (χ1n) is 5.85. The SMILES string of the molecule is NC1(CC2CSc3ccccc32)CCOC1. The largest absolute Gasteiger partial charge is 0.379 e. The molecule has 1 fully saturated rings. The van der Waals surface area contributed by atoms with Gasteiger partial charge in [0.2, 0.25) is 0 Å². The van der Waals surface area contributed by atoms with Gasteiger partial charge in [-0.1, -0.05) is 18.2 Å². The third-order valence-electron chi connectivity index (χ3n) is 3.59. The molecule has 3 heteroatoms. The van der Waals surface area contributed by atoms with Crippen LogP contribution >= 0.6 is 11.8 Å². The Hall–Kier alpha value is -0.510. The van der Waals surface area contributed by atoms with E-state index in [4.69, 9.17) is 10.5 Å². The van der Waals surface area contributed by atoms with Gasteiger partial charge in [-0.15, -0.1) is 11.8 Å². The molecule has 0 aliphatic carbocycles. The predicted octanol–water partition coefficient (Wildman–Crippen LogP) is 2.38. The highest BCUT2D eigenvalue weighted by Gasteiger charge is 2.35. The van der Waals surface area contributed by atoms with Gasteiger partial charge in [-0.3, -0.25) is 0 Å². The molecule has 0 amide bonds. The van der Waals surface area contributed by atoms with Crippen molar-refractivity contribution >= 4 is 11.8 Å². The monoisotopic (exact) mass is 235 g/mol. The van der Waals surface area contributed by atoms with E-state index in [0.29, 0.717) is 5.92 Å². The zero-order valence-electron chi connectivity index (χ0n) is 9.32. The second-order valence-corrected chi connectivity index (χ2v) is 5.98. The van der Waals surface area contributed by atoms with Crippen LogP contribution in [0, 0.1) is 0 Å². The minimum Gasteiger partial charge on any atom is -0.379 e. The van der Waals surface area contributed by atoms with Crippen molar-refractivity contribution < 1.29 is 4.74 Å². The van der Waals surface area contributed by atoms with Crippen molar-refractivity contribution in [3.05, 3.63) is 29.8 Å². The molecule has 2 atom stereocenters. The Balaban J connectivity index is 1.78. The van der Waals surface area contributed by atoms with Crippen LogP contribution in [0.1, 0.15) is 24.3 Å². The number of nitrogens with two attached hydrogens (primary N) is 1. The van der Waals surface area contributed by atoms with E-state index in [1.165, 1.54) is 16.2 Å². The van der Waals surface area contributed by atoms with Crippen LogP contribution in [-0.2, 0) is 4.74 Å². The minimum absolute atomic E-state index is 0.0807. The molecule has 2 nitrogen and oxygen atoms in total. The van der Waals surface area contributed by atoms with Gasteiger partial charge in [0.25, 0.3) is 0 Å². The van der Waals surface area contributed by atoms with Crippen molar-refractivity contribution in [3.8, 4) is 0 Å². The zero-order valence-corrected chi connectivity index (χ0v) is 10.1. The number of rotatable bonds is 2. The maximum atomic E-state index is 6.36. The molecule has 0 saturated carbocycles. The van der Waals surface area contributed by atoms with Crippen LogP contribution in [0.4, 0.5) is 0 Å². The molecular weight excluding hydrogens is 218 g/mol. The van der Waals surface area contributed by atoms with Crippen LogP contribution in [-0.4, -0.2) is 24.5 Å². The van der Waals surface area contributed by atoms with Gasteiger partial charge < -0.3 is 10.5 Å². The summed E-state index contributed by atoms with van der Waals surface area (Å²) in [6, 6.07) is 8.71. The van der Waals surface area contributed by atoms with Gasteiger partial charge in [0, 0.05) is 22.8 Å². The Labute approximate surface area is 101 Å². The molecule has 1 aromatic carbocycles. The van der Waals surface area contributed by atoms with Crippen LogP contribution in [0.5, 0.6) is 0 Å². The van der Waals surface area contributed by atoms with Crippen molar-refractivity contribution in [3.63, 3.8) is 0 Å². The fourth-order valence-corrected chi connectivity index (χ4v) is 3.93. The second kappa shape index (κ2) is 4.06. The highest BCUT2D eigenvalue weighted by Crippen LogP contribution is 2.43. The molecule has 2 aliphatic rings. The molecular formula is C13H17NOS. The number of thioether (sulfide) groups is 1. The number of hydrogen-bond acceptors (Lipinski definition) is 3. The Morgan fingerprint density at radius 1 is 1.44 bits per heavy atom. The molecule has 0 spiro atoms. The number of benzene rings is 1. The summed E-state index contributed by atoms with van der Waals surface area (Å²) in [4.78, 5) is 1.44. The van der Waals surface area contributed by atoms with E-state index in [1.54, 1.807) is 0 Å². The molecule has 0 aromatic heterocycles. The maximum absolute atomic E-state index is 6.36. The summed E-state index contributed by atoms with van der Waals surface area (Å²) in [5.41, 5.74) is 7.77. The van der Waals surface area contributed by atoms with E-state index in [0.717, 1.165) is 26.1 Å². The van der Waals surface area contributed by atoms with E-state index in [1.807, 2.05) is 11.8 Å². The average Bonchev–Trinajstić information content (AvgIpc) is 2.87. The highest BCUT2D eigenvalue weighted by molar-refractivity contribution is 7.99. The average molecular weight is 235 g/mol. The van der Waals surface area contributed by atoms with Gasteiger partial charge in [-0.25, -0.2) is 0 Å². The molecule has 2 heterocycles. The van der Waals surface area contributed by atoms with E-state index in [-0.39, 0.29) is 5.54 Å². The summed E-state index contributed by atoms with van der Waals surface area (Å²) in [6.45, 7) is 1.56. The van der Waals surface area contributed by atoms with Gasteiger partial charge in [0.1, 0.15) is 0 Å². The van der Waals surface area contributed by atoms with Crippen molar-refractivity contribution in [1.82, 2.24) is 0 Å². The first-order valence-corrected chi connectivity index (χ1v) is 6.84. The van der Waals surface area contributed by atoms with Crippen LogP contribution in [0.15, 0.2) is 29.2 Å². The van der Waals surface area contributed by atoms with E-state index in [9.17, 15) is 0 Å². The molecule has 0 bridgehead atoms. The summed E-state index contributed by atoms with van der Waals surface area (Å²) in [5.74, 6) is 1.80. The van der Waals surface area contributed by atoms with Crippen LogP contribution in [0.3, 0.4) is 0 Å². The zero-order chi connectivity index (χ0) is 11.0. The molecule has 0 radical (unpaired) electrons. The van der Waals surface area contributed by atoms with Gasteiger partial charge in [-0.05, 0) is 30.4 Å². The fraction of sp³-hybridized carbons (Fsp3) is 0.538. The summed E-state index contributed by atoms with van der Waals surface area (Å²) < 4.78 is 5.43. The van der Waals surface area contributed by atoms with Gasteiger partial charge in [-0.2, -0.15) is 0 Å². The van der Waals surface area contributed by atoms with Crippen molar-refractivity contribution in [2.24, 2.45) is 5.73 Å². The van der Waals surface area contributed by atoms with E-state index < -0.39 is 0 Å². The first-order chi connectivity index (χ1) is 7.77. The highest BCUT2D eigenvalue weighted by atomic mass is 32.2. The van der Waals surface area contributed by atoms with Crippen molar-refractivity contribution in [2.45, 2.75) is 29.2 Å². The Kier molecular flexibility index (Phi) is 2.70. The quantitative estimate of drug-likeness (QED) is 0.855. The van der Waals surface area contributed by atoms with Gasteiger partial charge in [0.05, 0.1) is 6.61 Å². The summed E-state index contributed by atoms with van der Waals surface area (Å²) in [7, 11) is 0. The Bertz CT molecular complexity index is 387. The molecule has 2 aliphatic heterocycles. The van der Waals surface area contributed by atoms with Gasteiger partial charge in [0.15, 0.2) is 0 Å². The lowest BCUT2D eigenvalue weighted by atomic mass is 9.85. The Morgan fingerprint density at radius 2 is 2.31 bits per heavy atom. The standard InChI is InChI=1S/C13H17NOS/c14-13(5-6-15-9-13)7-10-8-16-12-4-2-1-3-11(10)12/h1-4,10H,5-9,14H2. The third-order valence-corrected chi connectivity index (χ3v) is 4.84. The number of hydrogen-bond donors (Lipinski definition) is 1. The van der Waals surface area contributed by atoms with E-state index in [2.05, 4.69) is 24.3 Å². The summed E-state index contributed by atoms with van der Waals surface area (Å²) in [5, 5.41) is 0. The lowest BCUT2D eigenvalue weighted by Crippen LogP contribution is -2.41. The lowest BCUT2D eigenvalue weighted by molar-refractivity contribution is 0.174. The first kappa shape index (κ1) is 10.6. The smallest absolute Gasteiger partial charge is 0.0647 e. The van der Waals surface area contributed by atoms with Crippen LogP contribution < -0.4 is 5.73 Å². The Morgan fingerprint density at radius 3 is 3.12 bits per heavy atom. The molecule has 1 aromatic rings. The molecule has 2 unspecified atom stereocenters. The predicted molar refractivity (Wildman–Crippen MR) is 66.9 cm³/mol. The molecule has 2 N–H and O–H groups in total. The number of ether oxygens (including phenoxy) is 1. The summed E-state index contributed by atoms with van der Waals surface area (Å²) in [6.07, 6.45) is 2.08. The second-order valence-electron chi connectivity index (χ2n) is 4.91. The van der Waals surface area contributed by atoms with Crippen LogP contribution in [0.25, 0.3) is 0 Å². The van der Waals surface area contributed by atoms with Gasteiger partial charge >= 0.3 is 0 Å². The third kappa shape index (κ3) is 1.88. The van der Waals surface area contributed by atoms with Crippen LogP contribution in [0.2, 0.25) is 0 Å². The molecule has 3 rings (SSSR count).